The van der Waals surface area contributed by atoms with Crippen molar-refractivity contribution in [2.24, 2.45) is 0 Å². The van der Waals surface area contributed by atoms with Gasteiger partial charge in [-0.1, -0.05) is 37.1 Å². The molecule has 2 N–H and O–H groups in total. The van der Waals surface area contributed by atoms with Crippen LogP contribution in [0.15, 0.2) is 50.6 Å². The van der Waals surface area contributed by atoms with Crippen LogP contribution in [0.25, 0.3) is 0 Å². The summed E-state index contributed by atoms with van der Waals surface area (Å²) in [5.74, 6) is 2.39. The first kappa shape index (κ1) is 46.4. The molecule has 0 saturated carbocycles. The number of ether oxygens (including phenoxy) is 2. The van der Waals surface area contributed by atoms with Crippen LogP contribution in [-0.2, 0) is 0 Å². The number of anilines is 4. The number of hydrogen-bond donors (Lipinski definition) is 2. The Morgan fingerprint density at radius 1 is 0.500 bits per heavy atom. The lowest BCUT2D eigenvalue weighted by atomic mass is 9.79. The van der Waals surface area contributed by atoms with Crippen LogP contribution in [0.3, 0.4) is 0 Å². The molecule has 58 heavy (non-hydrogen) atoms. The standard InChI is InChI=1S/C44H74N12O2/c1-15-23-53(24-16-2)35-45-37(49-39(47-35)57-13)55(33-29-41(5,6)51-42(7,8)30-33)27-21-19-20-22-28-56(34-31-43(9,10)52-44(11,12)32-34)38-46-36(48-40(50-38)58-14)54(25-17-3)26-18-4/h15-18,33-34,51-52H,1-4,19-32H2,5-14H3. The predicted octanol–water partition coefficient (Wildman–Crippen LogP) is 6.92. The van der Waals surface area contributed by atoms with Crippen LogP contribution in [-0.4, -0.2) is 118 Å². The average Bonchev–Trinajstić information content (AvgIpc) is 3.12. The fourth-order valence-electron chi connectivity index (χ4n) is 9.28. The summed E-state index contributed by atoms with van der Waals surface area (Å²) in [5.41, 5.74) is -0.240. The third kappa shape index (κ3) is 13.1. The van der Waals surface area contributed by atoms with Gasteiger partial charge in [-0.3, -0.25) is 0 Å². The van der Waals surface area contributed by atoms with Gasteiger partial charge in [0.2, 0.25) is 23.8 Å². The van der Waals surface area contributed by atoms with Gasteiger partial charge in [0.1, 0.15) is 0 Å². The molecule has 0 bridgehead atoms. The summed E-state index contributed by atoms with van der Waals surface area (Å²) in [6, 6.07) is 1.04. The Hall–Kier alpha value is -4.30. The van der Waals surface area contributed by atoms with Crippen molar-refractivity contribution in [2.75, 3.05) is 73.1 Å². The minimum atomic E-state index is -0.0600. The highest BCUT2D eigenvalue weighted by atomic mass is 16.5. The summed E-state index contributed by atoms with van der Waals surface area (Å²) in [6.45, 7) is 38.0. The number of nitrogens with zero attached hydrogens (tertiary/aromatic N) is 10. The summed E-state index contributed by atoms with van der Waals surface area (Å²) in [5, 5.41) is 7.70. The highest BCUT2D eigenvalue weighted by molar-refractivity contribution is 5.44. The van der Waals surface area contributed by atoms with Crippen molar-refractivity contribution in [1.82, 2.24) is 40.5 Å². The summed E-state index contributed by atoms with van der Waals surface area (Å²) < 4.78 is 11.3. The zero-order valence-electron chi connectivity index (χ0n) is 37.5. The molecule has 0 aliphatic carbocycles. The molecular weight excluding hydrogens is 729 g/mol. The second-order valence-electron chi connectivity index (χ2n) is 18.5. The highest BCUT2D eigenvalue weighted by Gasteiger charge is 2.42. The Balaban J connectivity index is 1.59. The summed E-state index contributed by atoms with van der Waals surface area (Å²) >= 11 is 0. The van der Waals surface area contributed by atoms with E-state index in [9.17, 15) is 0 Å². The molecule has 0 radical (unpaired) electrons. The highest BCUT2D eigenvalue weighted by Crippen LogP contribution is 2.36. The van der Waals surface area contributed by atoms with E-state index >= 15 is 0 Å². The van der Waals surface area contributed by atoms with Gasteiger partial charge in [0.05, 0.1) is 14.2 Å². The molecule has 14 nitrogen and oxygen atoms in total. The van der Waals surface area contributed by atoms with Crippen molar-refractivity contribution in [3.63, 3.8) is 0 Å². The van der Waals surface area contributed by atoms with E-state index in [-0.39, 0.29) is 34.2 Å². The molecule has 0 amide bonds. The number of rotatable bonds is 23. The Morgan fingerprint density at radius 2 is 0.793 bits per heavy atom. The lowest BCUT2D eigenvalue weighted by Crippen LogP contribution is -2.62. The van der Waals surface area contributed by atoms with Crippen molar-refractivity contribution in [2.45, 2.75) is 141 Å². The third-order valence-corrected chi connectivity index (χ3v) is 10.8. The van der Waals surface area contributed by atoms with Gasteiger partial charge in [0, 0.05) is 73.5 Å². The molecule has 0 spiro atoms. The molecule has 4 rings (SSSR count). The van der Waals surface area contributed by atoms with Gasteiger partial charge in [-0.15, -0.1) is 26.3 Å². The quantitative estimate of drug-likeness (QED) is 0.0890. The average molecular weight is 803 g/mol. The van der Waals surface area contributed by atoms with Gasteiger partial charge in [-0.05, 0) is 93.9 Å². The maximum absolute atomic E-state index is 5.65. The van der Waals surface area contributed by atoms with E-state index in [1.54, 1.807) is 14.2 Å². The van der Waals surface area contributed by atoms with E-state index < -0.39 is 0 Å². The first-order chi connectivity index (χ1) is 27.4. The Morgan fingerprint density at radius 3 is 1.07 bits per heavy atom. The van der Waals surface area contributed by atoms with Crippen molar-refractivity contribution in [1.29, 1.82) is 0 Å². The lowest BCUT2D eigenvalue weighted by Gasteiger charge is -2.50. The van der Waals surface area contributed by atoms with Gasteiger partial charge in [-0.2, -0.15) is 29.9 Å². The van der Waals surface area contributed by atoms with Crippen LogP contribution in [0.4, 0.5) is 23.8 Å². The monoisotopic (exact) mass is 803 g/mol. The van der Waals surface area contributed by atoms with Crippen molar-refractivity contribution < 1.29 is 9.47 Å². The molecule has 4 heterocycles. The summed E-state index contributed by atoms with van der Waals surface area (Å²) in [4.78, 5) is 38.0. The SMILES string of the molecule is C=CCN(CC=C)c1nc(OC)nc(N(CCCCCCN(c2nc(OC)nc(N(CC=C)CC=C)n2)C2CC(C)(C)NC(C)(C)C2)C2CC(C)(C)NC(C)(C)C2)n1. The first-order valence-electron chi connectivity index (χ1n) is 21.0. The van der Waals surface area contributed by atoms with Crippen molar-refractivity contribution in [3.05, 3.63) is 50.6 Å². The Labute approximate surface area is 349 Å². The lowest BCUT2D eigenvalue weighted by molar-refractivity contribution is 0.156. The van der Waals surface area contributed by atoms with Crippen LogP contribution >= 0.6 is 0 Å². The minimum Gasteiger partial charge on any atom is -0.467 e. The zero-order chi connectivity index (χ0) is 42.7. The predicted molar refractivity (Wildman–Crippen MR) is 240 cm³/mol. The second kappa shape index (κ2) is 20.1. The van der Waals surface area contributed by atoms with Crippen LogP contribution < -0.4 is 39.7 Å². The van der Waals surface area contributed by atoms with E-state index in [1.165, 1.54) is 0 Å². The zero-order valence-corrected chi connectivity index (χ0v) is 37.5. The number of aromatic nitrogens is 6. The van der Waals surface area contributed by atoms with Crippen LogP contribution in [0.2, 0.25) is 0 Å². The van der Waals surface area contributed by atoms with Gasteiger partial charge >= 0.3 is 12.0 Å². The number of hydrogen-bond acceptors (Lipinski definition) is 14. The smallest absolute Gasteiger partial charge is 0.322 e. The van der Waals surface area contributed by atoms with E-state index in [2.05, 4.69) is 112 Å². The molecule has 2 aromatic heterocycles. The van der Waals surface area contributed by atoms with E-state index in [0.29, 0.717) is 62.0 Å². The molecular formula is C44H74N12O2. The molecule has 0 atom stereocenters. The number of unbranched alkanes of at least 4 members (excludes halogenated alkanes) is 3. The van der Waals surface area contributed by atoms with Crippen molar-refractivity contribution >= 4 is 23.8 Å². The summed E-state index contributed by atoms with van der Waals surface area (Å²) in [6.07, 6.45) is 15.2. The summed E-state index contributed by atoms with van der Waals surface area (Å²) in [7, 11) is 3.22. The minimum absolute atomic E-state index is 0.0600. The van der Waals surface area contributed by atoms with Crippen molar-refractivity contribution in [3.8, 4) is 12.0 Å². The van der Waals surface area contributed by atoms with Crippen LogP contribution in [0.5, 0.6) is 12.0 Å². The molecule has 2 aliphatic rings. The maximum atomic E-state index is 5.65. The fraction of sp³-hybridized carbons (Fsp3) is 0.682. The number of methoxy groups -OCH3 is 2. The molecule has 0 aromatic carbocycles. The molecule has 2 fully saturated rings. The van der Waals surface area contributed by atoms with Gasteiger partial charge < -0.3 is 39.7 Å². The topological polar surface area (TPSA) is 133 Å². The van der Waals surface area contributed by atoms with Crippen LogP contribution in [0, 0.1) is 0 Å². The first-order valence-corrected chi connectivity index (χ1v) is 21.0. The molecule has 14 heteroatoms. The van der Waals surface area contributed by atoms with Gasteiger partial charge in [0.15, 0.2) is 0 Å². The maximum Gasteiger partial charge on any atom is 0.322 e. The second-order valence-corrected chi connectivity index (χ2v) is 18.5. The number of nitrogens with one attached hydrogen (secondary N) is 2. The van der Waals surface area contributed by atoms with Gasteiger partial charge in [-0.25, -0.2) is 0 Å². The largest absolute Gasteiger partial charge is 0.467 e. The molecule has 322 valence electrons. The third-order valence-electron chi connectivity index (χ3n) is 10.8. The Kier molecular flexibility index (Phi) is 16.1. The number of piperidine rings is 2. The van der Waals surface area contributed by atoms with E-state index in [4.69, 9.17) is 29.4 Å². The van der Waals surface area contributed by atoms with E-state index in [1.807, 2.05) is 34.1 Å². The molecule has 0 unspecified atom stereocenters. The Bertz CT molecular complexity index is 1500. The van der Waals surface area contributed by atoms with Gasteiger partial charge in [0.25, 0.3) is 0 Å². The molecule has 2 aliphatic heterocycles. The molecule has 2 aromatic rings. The molecule has 2 saturated heterocycles. The fourth-order valence-corrected chi connectivity index (χ4v) is 9.28. The van der Waals surface area contributed by atoms with Crippen LogP contribution in [0.1, 0.15) is 107 Å². The normalized spacial score (nSPS) is 18.4. The van der Waals surface area contributed by atoms with E-state index in [0.717, 1.165) is 64.5 Å².